The number of amides is 1. The number of aromatic nitrogens is 3. The molecule has 0 atom stereocenters. The van der Waals surface area contributed by atoms with Crippen molar-refractivity contribution in [2.45, 2.75) is 20.4 Å². The zero-order valence-electron chi connectivity index (χ0n) is 18.2. The van der Waals surface area contributed by atoms with Gasteiger partial charge in [-0.3, -0.25) is 14.4 Å². The molecule has 2 heterocycles. The normalized spacial score (nSPS) is 10.7. The first-order chi connectivity index (χ1) is 15.9. The van der Waals surface area contributed by atoms with Crippen LogP contribution >= 0.6 is 11.3 Å². The van der Waals surface area contributed by atoms with Gasteiger partial charge in [0.1, 0.15) is 5.69 Å². The Bertz CT molecular complexity index is 1380. The summed E-state index contributed by atoms with van der Waals surface area (Å²) in [5.74, 6) is -0.602. The summed E-state index contributed by atoms with van der Waals surface area (Å²) in [6.07, 6.45) is 0. The van der Waals surface area contributed by atoms with Gasteiger partial charge in [0, 0.05) is 23.7 Å². The van der Waals surface area contributed by atoms with Crippen molar-refractivity contribution in [1.82, 2.24) is 20.1 Å². The zero-order chi connectivity index (χ0) is 23.4. The molecule has 33 heavy (non-hydrogen) atoms. The summed E-state index contributed by atoms with van der Waals surface area (Å²) in [4.78, 5) is 43.3. The second-order valence-corrected chi connectivity index (χ2v) is 8.63. The van der Waals surface area contributed by atoms with E-state index in [2.05, 4.69) is 15.4 Å². The standard InChI is InChI=1S/C25H22N4O3S/c1-16-24(33-17(2)27-16)21-12-13-22(30)29(28-21)15-14-26-25(32)20-11-7-6-10-19(20)23(31)18-8-4-3-5-9-18/h3-13H,14-15H2,1-2H3,(H,26,32). The molecule has 0 spiro atoms. The van der Waals surface area contributed by atoms with Crippen LogP contribution in [-0.4, -0.2) is 33.0 Å². The fraction of sp³-hybridized carbons (Fsp3) is 0.160. The van der Waals surface area contributed by atoms with Gasteiger partial charge < -0.3 is 5.32 Å². The van der Waals surface area contributed by atoms with Crippen molar-refractivity contribution in [3.8, 4) is 10.6 Å². The molecule has 4 rings (SSSR count). The molecule has 2 aromatic carbocycles. The molecule has 4 aromatic rings. The van der Waals surface area contributed by atoms with Gasteiger partial charge in [-0.05, 0) is 26.0 Å². The second-order valence-electron chi connectivity index (χ2n) is 7.42. The number of ketones is 1. The quantitative estimate of drug-likeness (QED) is 0.427. The molecule has 2 aromatic heterocycles. The highest BCUT2D eigenvalue weighted by Crippen LogP contribution is 2.27. The number of nitrogens with one attached hydrogen (secondary N) is 1. The van der Waals surface area contributed by atoms with Gasteiger partial charge >= 0.3 is 0 Å². The predicted molar refractivity (Wildman–Crippen MR) is 128 cm³/mol. The van der Waals surface area contributed by atoms with Crippen molar-refractivity contribution in [3.63, 3.8) is 0 Å². The summed E-state index contributed by atoms with van der Waals surface area (Å²) in [7, 11) is 0. The van der Waals surface area contributed by atoms with Gasteiger partial charge in [0.25, 0.3) is 11.5 Å². The van der Waals surface area contributed by atoms with Crippen molar-refractivity contribution < 1.29 is 9.59 Å². The number of rotatable bonds is 7. The Hall–Kier alpha value is -3.91. The first kappa shape index (κ1) is 22.3. The second kappa shape index (κ2) is 9.70. The highest BCUT2D eigenvalue weighted by atomic mass is 32.1. The van der Waals surface area contributed by atoms with Crippen LogP contribution in [0.2, 0.25) is 0 Å². The van der Waals surface area contributed by atoms with Crippen molar-refractivity contribution in [2.75, 3.05) is 6.54 Å². The molecular formula is C25H22N4O3S. The predicted octanol–water partition coefficient (Wildman–Crippen LogP) is 3.64. The van der Waals surface area contributed by atoms with Crippen molar-refractivity contribution in [2.24, 2.45) is 0 Å². The molecule has 1 N–H and O–H groups in total. The third-order valence-electron chi connectivity index (χ3n) is 5.06. The summed E-state index contributed by atoms with van der Waals surface area (Å²) in [5, 5.41) is 8.17. The molecule has 166 valence electrons. The fourth-order valence-electron chi connectivity index (χ4n) is 3.49. The van der Waals surface area contributed by atoms with Crippen LogP contribution < -0.4 is 10.9 Å². The number of hydrogen-bond donors (Lipinski definition) is 1. The summed E-state index contributed by atoms with van der Waals surface area (Å²) >= 11 is 1.52. The Morgan fingerprint density at radius 2 is 1.64 bits per heavy atom. The van der Waals surface area contributed by atoms with E-state index in [9.17, 15) is 14.4 Å². The van der Waals surface area contributed by atoms with Gasteiger partial charge in [0.2, 0.25) is 0 Å². The zero-order valence-corrected chi connectivity index (χ0v) is 19.1. The van der Waals surface area contributed by atoms with Crippen LogP contribution in [-0.2, 0) is 6.54 Å². The maximum atomic E-state index is 12.9. The number of carbonyl (C=O) groups excluding carboxylic acids is 2. The Labute approximate surface area is 194 Å². The first-order valence-electron chi connectivity index (χ1n) is 10.4. The van der Waals surface area contributed by atoms with Gasteiger partial charge in [-0.25, -0.2) is 9.67 Å². The number of hydrogen-bond acceptors (Lipinski definition) is 6. The monoisotopic (exact) mass is 458 g/mol. The number of benzene rings is 2. The van der Waals surface area contributed by atoms with E-state index in [1.54, 1.807) is 54.6 Å². The molecular weight excluding hydrogens is 436 g/mol. The van der Waals surface area contributed by atoms with Crippen LogP contribution in [0.5, 0.6) is 0 Å². The number of aryl methyl sites for hydroxylation is 2. The molecule has 0 bridgehead atoms. The average molecular weight is 459 g/mol. The molecule has 0 saturated carbocycles. The van der Waals surface area contributed by atoms with E-state index in [1.807, 2.05) is 19.9 Å². The van der Waals surface area contributed by atoms with E-state index in [4.69, 9.17) is 0 Å². The Morgan fingerprint density at radius 1 is 0.939 bits per heavy atom. The van der Waals surface area contributed by atoms with E-state index in [0.29, 0.717) is 16.8 Å². The lowest BCUT2D eigenvalue weighted by Gasteiger charge is -2.11. The molecule has 0 aliphatic heterocycles. The van der Waals surface area contributed by atoms with Crippen molar-refractivity contribution in [1.29, 1.82) is 0 Å². The summed E-state index contributed by atoms with van der Waals surface area (Å²) in [6, 6.07) is 18.7. The largest absolute Gasteiger partial charge is 0.350 e. The van der Waals surface area contributed by atoms with Crippen LogP contribution in [0.3, 0.4) is 0 Å². The Morgan fingerprint density at radius 3 is 2.33 bits per heavy atom. The lowest BCUT2D eigenvalue weighted by atomic mass is 9.98. The number of thiazole rings is 1. The molecule has 0 aliphatic carbocycles. The molecule has 0 fully saturated rings. The van der Waals surface area contributed by atoms with Crippen molar-refractivity contribution in [3.05, 3.63) is 104 Å². The SMILES string of the molecule is Cc1nc(C)c(-c2ccc(=O)n(CCNC(=O)c3ccccc3C(=O)c3ccccc3)n2)s1. The Balaban J connectivity index is 1.48. The van der Waals surface area contributed by atoms with E-state index in [1.165, 1.54) is 22.1 Å². The number of nitrogens with zero attached hydrogens (tertiary/aromatic N) is 3. The van der Waals surface area contributed by atoms with E-state index in [-0.39, 0.29) is 35.9 Å². The van der Waals surface area contributed by atoms with Crippen LogP contribution in [0, 0.1) is 13.8 Å². The van der Waals surface area contributed by atoms with Gasteiger partial charge in [-0.2, -0.15) is 5.10 Å². The molecule has 0 radical (unpaired) electrons. The molecule has 0 saturated heterocycles. The molecule has 1 amide bonds. The number of carbonyl (C=O) groups is 2. The van der Waals surface area contributed by atoms with Crippen LogP contribution in [0.1, 0.15) is 37.0 Å². The highest BCUT2D eigenvalue weighted by Gasteiger charge is 2.18. The topological polar surface area (TPSA) is 94.0 Å². The lowest BCUT2D eigenvalue weighted by Crippen LogP contribution is -2.32. The van der Waals surface area contributed by atoms with Gasteiger partial charge in [-0.1, -0.05) is 48.5 Å². The summed E-state index contributed by atoms with van der Waals surface area (Å²) < 4.78 is 1.32. The maximum Gasteiger partial charge on any atom is 0.266 e. The summed E-state index contributed by atoms with van der Waals surface area (Å²) in [6.45, 7) is 4.21. The highest BCUT2D eigenvalue weighted by molar-refractivity contribution is 7.15. The fourth-order valence-corrected chi connectivity index (χ4v) is 4.38. The van der Waals surface area contributed by atoms with Crippen LogP contribution in [0.25, 0.3) is 10.6 Å². The van der Waals surface area contributed by atoms with E-state index < -0.39 is 0 Å². The molecule has 8 heteroatoms. The Kier molecular flexibility index (Phi) is 6.55. The van der Waals surface area contributed by atoms with E-state index in [0.717, 1.165) is 15.6 Å². The van der Waals surface area contributed by atoms with Gasteiger partial charge in [0.05, 0.1) is 27.7 Å². The molecule has 0 unspecified atom stereocenters. The van der Waals surface area contributed by atoms with Crippen LogP contribution in [0.4, 0.5) is 0 Å². The smallest absolute Gasteiger partial charge is 0.266 e. The first-order valence-corrected chi connectivity index (χ1v) is 11.3. The average Bonchev–Trinajstić information content (AvgIpc) is 3.18. The maximum absolute atomic E-state index is 12.9. The minimum Gasteiger partial charge on any atom is -0.350 e. The lowest BCUT2D eigenvalue weighted by molar-refractivity contribution is 0.0940. The van der Waals surface area contributed by atoms with Crippen molar-refractivity contribution >= 4 is 23.0 Å². The minimum atomic E-state index is -0.381. The van der Waals surface area contributed by atoms with E-state index >= 15 is 0 Å². The summed E-state index contributed by atoms with van der Waals surface area (Å²) in [5.41, 5.74) is 2.40. The van der Waals surface area contributed by atoms with Crippen LogP contribution in [0.15, 0.2) is 71.5 Å². The van der Waals surface area contributed by atoms with Gasteiger partial charge in [0.15, 0.2) is 5.78 Å². The third-order valence-corrected chi connectivity index (χ3v) is 6.16. The minimum absolute atomic E-state index is 0.184. The molecule has 7 nitrogen and oxygen atoms in total. The molecule has 0 aliphatic rings. The van der Waals surface area contributed by atoms with Gasteiger partial charge in [-0.15, -0.1) is 11.3 Å². The third kappa shape index (κ3) is 4.96.